The third-order valence-electron chi connectivity index (χ3n) is 2.32. The van der Waals surface area contributed by atoms with Crippen molar-refractivity contribution in [2.24, 2.45) is 0 Å². The van der Waals surface area contributed by atoms with E-state index in [-0.39, 0.29) is 5.91 Å². The molecule has 1 amide bonds. The van der Waals surface area contributed by atoms with E-state index in [1.54, 1.807) is 24.3 Å². The lowest BCUT2D eigenvalue weighted by Crippen LogP contribution is -2.48. The molecule has 2 N–H and O–H groups in total. The Bertz CT molecular complexity index is 363. The van der Waals surface area contributed by atoms with Crippen LogP contribution in [0.15, 0.2) is 24.3 Å². The Morgan fingerprint density at radius 3 is 2.62 bits per heavy atom. The van der Waals surface area contributed by atoms with Crippen LogP contribution in [0.4, 0.5) is 5.69 Å². The van der Waals surface area contributed by atoms with Gasteiger partial charge in [0.15, 0.2) is 0 Å². The summed E-state index contributed by atoms with van der Waals surface area (Å²) in [6, 6.07) is 7.34. The van der Waals surface area contributed by atoms with Gasteiger partial charge in [0, 0.05) is 10.7 Å². The summed E-state index contributed by atoms with van der Waals surface area (Å²) in [7, 11) is 0. The molecule has 0 bridgehead atoms. The Labute approximate surface area is 98.9 Å². The number of benzene rings is 1. The van der Waals surface area contributed by atoms with Gasteiger partial charge < -0.3 is 15.4 Å². The summed E-state index contributed by atoms with van der Waals surface area (Å²) in [4.78, 5) is 11.5. The first-order valence-corrected chi connectivity index (χ1v) is 5.48. The molecular formula is C11H13ClN2O2. The Kier molecular flexibility index (Phi) is 3.77. The molecule has 1 fully saturated rings. The van der Waals surface area contributed by atoms with Crippen LogP contribution < -0.4 is 10.6 Å². The molecule has 1 aliphatic rings. The Morgan fingerprint density at radius 1 is 1.38 bits per heavy atom. The summed E-state index contributed by atoms with van der Waals surface area (Å²) in [6.45, 7) is 1.68. The summed E-state index contributed by atoms with van der Waals surface area (Å²) >= 11 is 5.74. The maximum absolute atomic E-state index is 11.5. The normalized spacial score (nSPS) is 15.6. The SMILES string of the molecule is O=C(CNC1COC1)Nc1ccc(Cl)cc1. The molecule has 4 nitrogen and oxygen atoms in total. The molecule has 0 aromatic heterocycles. The summed E-state index contributed by atoms with van der Waals surface area (Å²) in [5.41, 5.74) is 0.751. The number of nitrogens with one attached hydrogen (secondary N) is 2. The maximum atomic E-state index is 11.5. The molecule has 1 heterocycles. The lowest BCUT2D eigenvalue weighted by molar-refractivity contribution is -0.116. The third-order valence-corrected chi connectivity index (χ3v) is 2.57. The molecule has 0 spiro atoms. The van der Waals surface area contributed by atoms with Gasteiger partial charge in [0.05, 0.1) is 25.8 Å². The molecule has 1 aromatic rings. The van der Waals surface area contributed by atoms with Crippen molar-refractivity contribution >= 4 is 23.2 Å². The predicted molar refractivity (Wildman–Crippen MR) is 62.7 cm³/mol. The highest BCUT2D eigenvalue weighted by atomic mass is 35.5. The van der Waals surface area contributed by atoms with E-state index >= 15 is 0 Å². The van der Waals surface area contributed by atoms with Crippen LogP contribution in [0.2, 0.25) is 5.02 Å². The quantitative estimate of drug-likeness (QED) is 0.833. The lowest BCUT2D eigenvalue weighted by Gasteiger charge is -2.26. The zero-order valence-corrected chi connectivity index (χ0v) is 9.46. The van der Waals surface area contributed by atoms with Gasteiger partial charge in [0.2, 0.25) is 5.91 Å². The van der Waals surface area contributed by atoms with Crippen LogP contribution in [0.5, 0.6) is 0 Å². The minimum Gasteiger partial charge on any atom is -0.378 e. The number of halogens is 1. The largest absolute Gasteiger partial charge is 0.378 e. The molecule has 0 aliphatic carbocycles. The van der Waals surface area contributed by atoms with Gasteiger partial charge in [-0.3, -0.25) is 4.79 Å². The van der Waals surface area contributed by atoms with E-state index in [1.165, 1.54) is 0 Å². The average molecular weight is 241 g/mol. The molecule has 1 saturated heterocycles. The Hall–Kier alpha value is -1.10. The smallest absolute Gasteiger partial charge is 0.238 e. The number of hydrogen-bond donors (Lipinski definition) is 2. The van der Waals surface area contributed by atoms with Gasteiger partial charge in [-0.05, 0) is 24.3 Å². The first-order chi connectivity index (χ1) is 7.74. The third kappa shape index (κ3) is 3.20. The van der Waals surface area contributed by atoms with Gasteiger partial charge in [0.25, 0.3) is 0 Å². The van der Waals surface area contributed by atoms with Crippen LogP contribution in [0.3, 0.4) is 0 Å². The topological polar surface area (TPSA) is 50.4 Å². The number of carbonyl (C=O) groups excluding carboxylic acids is 1. The van der Waals surface area contributed by atoms with Crippen molar-refractivity contribution in [1.29, 1.82) is 0 Å². The fourth-order valence-corrected chi connectivity index (χ4v) is 1.45. The number of anilines is 1. The first-order valence-electron chi connectivity index (χ1n) is 5.10. The highest BCUT2D eigenvalue weighted by molar-refractivity contribution is 6.30. The molecule has 2 rings (SSSR count). The molecule has 16 heavy (non-hydrogen) atoms. The monoisotopic (exact) mass is 240 g/mol. The number of rotatable bonds is 4. The minimum atomic E-state index is -0.0609. The van der Waals surface area contributed by atoms with Crippen LogP contribution in [-0.4, -0.2) is 31.7 Å². The number of carbonyl (C=O) groups is 1. The van der Waals surface area contributed by atoms with E-state index in [2.05, 4.69) is 10.6 Å². The Morgan fingerprint density at radius 2 is 2.06 bits per heavy atom. The second-order valence-electron chi connectivity index (χ2n) is 3.67. The van der Waals surface area contributed by atoms with Crippen LogP contribution >= 0.6 is 11.6 Å². The van der Waals surface area contributed by atoms with Crippen molar-refractivity contribution < 1.29 is 9.53 Å². The van der Waals surface area contributed by atoms with Gasteiger partial charge >= 0.3 is 0 Å². The van der Waals surface area contributed by atoms with E-state index in [4.69, 9.17) is 16.3 Å². The van der Waals surface area contributed by atoms with Gasteiger partial charge in [-0.25, -0.2) is 0 Å². The zero-order chi connectivity index (χ0) is 11.4. The van der Waals surface area contributed by atoms with Crippen molar-refractivity contribution in [2.45, 2.75) is 6.04 Å². The molecule has 0 atom stereocenters. The van der Waals surface area contributed by atoms with Crippen molar-refractivity contribution in [2.75, 3.05) is 25.1 Å². The average Bonchev–Trinajstić information content (AvgIpc) is 2.19. The first kappa shape index (κ1) is 11.4. The van der Waals surface area contributed by atoms with Gasteiger partial charge in [-0.1, -0.05) is 11.6 Å². The van der Waals surface area contributed by atoms with Crippen LogP contribution in [0.25, 0.3) is 0 Å². The van der Waals surface area contributed by atoms with E-state index in [1.807, 2.05) is 0 Å². The summed E-state index contributed by atoms with van der Waals surface area (Å²) in [6.07, 6.45) is 0. The van der Waals surface area contributed by atoms with E-state index in [0.717, 1.165) is 5.69 Å². The van der Waals surface area contributed by atoms with Crippen LogP contribution in [-0.2, 0) is 9.53 Å². The van der Waals surface area contributed by atoms with Crippen LogP contribution in [0.1, 0.15) is 0 Å². The second-order valence-corrected chi connectivity index (χ2v) is 4.11. The van der Waals surface area contributed by atoms with Gasteiger partial charge in [-0.2, -0.15) is 0 Å². The van der Waals surface area contributed by atoms with E-state index < -0.39 is 0 Å². The standard InChI is InChI=1S/C11H13ClN2O2/c12-8-1-3-9(4-2-8)14-11(15)5-13-10-6-16-7-10/h1-4,10,13H,5-7H2,(H,14,15). The highest BCUT2D eigenvalue weighted by Gasteiger charge is 2.18. The molecular weight excluding hydrogens is 228 g/mol. The number of hydrogen-bond acceptors (Lipinski definition) is 3. The lowest BCUT2D eigenvalue weighted by atomic mass is 10.2. The summed E-state index contributed by atoms with van der Waals surface area (Å²) in [5.74, 6) is -0.0609. The molecule has 0 radical (unpaired) electrons. The highest BCUT2D eigenvalue weighted by Crippen LogP contribution is 2.13. The summed E-state index contributed by atoms with van der Waals surface area (Å²) in [5, 5.41) is 6.51. The second kappa shape index (κ2) is 5.30. The Balaban J connectivity index is 1.75. The molecule has 1 aromatic carbocycles. The van der Waals surface area contributed by atoms with Gasteiger partial charge in [0.1, 0.15) is 0 Å². The fraction of sp³-hybridized carbons (Fsp3) is 0.364. The summed E-state index contributed by atoms with van der Waals surface area (Å²) < 4.78 is 4.99. The molecule has 1 aliphatic heterocycles. The zero-order valence-electron chi connectivity index (χ0n) is 8.70. The van der Waals surface area contributed by atoms with E-state index in [0.29, 0.717) is 30.8 Å². The van der Waals surface area contributed by atoms with Crippen molar-refractivity contribution in [1.82, 2.24) is 5.32 Å². The van der Waals surface area contributed by atoms with Crippen molar-refractivity contribution in [3.05, 3.63) is 29.3 Å². The fourth-order valence-electron chi connectivity index (χ4n) is 1.33. The molecule has 5 heteroatoms. The predicted octanol–water partition coefficient (Wildman–Crippen LogP) is 1.27. The molecule has 0 unspecified atom stereocenters. The maximum Gasteiger partial charge on any atom is 0.238 e. The molecule has 0 saturated carbocycles. The van der Waals surface area contributed by atoms with Gasteiger partial charge in [-0.15, -0.1) is 0 Å². The molecule has 86 valence electrons. The van der Waals surface area contributed by atoms with Crippen molar-refractivity contribution in [3.8, 4) is 0 Å². The van der Waals surface area contributed by atoms with E-state index in [9.17, 15) is 4.79 Å². The van der Waals surface area contributed by atoms with Crippen LogP contribution in [0, 0.1) is 0 Å². The van der Waals surface area contributed by atoms with Crippen molar-refractivity contribution in [3.63, 3.8) is 0 Å². The number of amides is 1. The number of ether oxygens (including phenoxy) is 1. The minimum absolute atomic E-state index is 0.0609.